The van der Waals surface area contributed by atoms with Crippen LogP contribution in [0.2, 0.25) is 0 Å². The Bertz CT molecular complexity index is 471. The molecule has 3 heteroatoms. The van der Waals surface area contributed by atoms with E-state index in [4.69, 9.17) is 0 Å². The van der Waals surface area contributed by atoms with Crippen molar-refractivity contribution in [1.29, 1.82) is 0 Å². The second-order valence-corrected chi connectivity index (χ2v) is 4.49. The van der Waals surface area contributed by atoms with Crippen LogP contribution in [0, 0.1) is 0 Å². The Hall–Kier alpha value is -2.16. The smallest absolute Gasteiger partial charge is 0.216 e. The van der Waals surface area contributed by atoms with Gasteiger partial charge in [0.05, 0.1) is 0 Å². The van der Waals surface area contributed by atoms with Gasteiger partial charge in [-0.2, -0.15) is 0 Å². The third-order valence-electron chi connectivity index (χ3n) is 3.05. The molecule has 0 spiro atoms. The maximum Gasteiger partial charge on any atom is 0.216 e. The Morgan fingerprint density at radius 2 is 1.89 bits per heavy atom. The summed E-state index contributed by atoms with van der Waals surface area (Å²) in [7, 11) is 0. The number of benzene rings is 1. The third-order valence-corrected chi connectivity index (χ3v) is 3.05. The fraction of sp³-hybridized carbons (Fsp3) is 0.250. The summed E-state index contributed by atoms with van der Waals surface area (Å²) in [5.41, 5.74) is 2.27. The normalized spacial score (nSPS) is 11.8. The lowest BCUT2D eigenvalue weighted by Gasteiger charge is -2.17. The average Bonchev–Trinajstić information content (AvgIpc) is 2.45. The maximum absolute atomic E-state index is 11.0. The predicted molar refractivity (Wildman–Crippen MR) is 75.8 cm³/mol. The minimum atomic E-state index is 0.00725. The number of hydrogen-bond donors (Lipinski definition) is 1. The van der Waals surface area contributed by atoms with Crippen LogP contribution in [0.1, 0.15) is 30.5 Å². The minimum absolute atomic E-state index is 0.00725. The fourth-order valence-corrected chi connectivity index (χ4v) is 2.15. The molecule has 0 bridgehead atoms. The Morgan fingerprint density at radius 3 is 2.53 bits per heavy atom. The second-order valence-electron chi connectivity index (χ2n) is 4.49. The van der Waals surface area contributed by atoms with Gasteiger partial charge in [-0.3, -0.25) is 9.78 Å². The maximum atomic E-state index is 11.0. The monoisotopic (exact) mass is 254 g/mol. The van der Waals surface area contributed by atoms with Gasteiger partial charge < -0.3 is 5.32 Å². The third kappa shape index (κ3) is 3.91. The molecule has 1 aromatic carbocycles. The minimum Gasteiger partial charge on any atom is -0.356 e. The van der Waals surface area contributed by atoms with Gasteiger partial charge in [0.25, 0.3) is 0 Å². The standard InChI is InChI=1S/C16H18N2O/c1-13(19)17-12-10-15(14-7-3-2-4-8-14)16-9-5-6-11-18-16/h2-9,11,15H,10,12H2,1H3,(H,17,19). The summed E-state index contributed by atoms with van der Waals surface area (Å²) < 4.78 is 0. The van der Waals surface area contributed by atoms with Gasteiger partial charge in [-0.25, -0.2) is 0 Å². The molecule has 0 saturated carbocycles. The Morgan fingerprint density at radius 1 is 1.16 bits per heavy atom. The zero-order valence-electron chi connectivity index (χ0n) is 11.0. The first-order valence-electron chi connectivity index (χ1n) is 6.47. The van der Waals surface area contributed by atoms with Crippen LogP contribution in [0.25, 0.3) is 0 Å². The molecule has 1 unspecified atom stereocenters. The summed E-state index contributed by atoms with van der Waals surface area (Å²) in [5.74, 6) is 0.224. The summed E-state index contributed by atoms with van der Waals surface area (Å²) in [5, 5.41) is 2.85. The van der Waals surface area contributed by atoms with E-state index in [0.29, 0.717) is 6.54 Å². The Labute approximate surface area is 113 Å². The van der Waals surface area contributed by atoms with Gasteiger partial charge in [0.15, 0.2) is 0 Å². The highest BCUT2D eigenvalue weighted by Gasteiger charge is 2.14. The van der Waals surface area contributed by atoms with Gasteiger partial charge in [0.2, 0.25) is 5.91 Å². The lowest BCUT2D eigenvalue weighted by atomic mass is 9.92. The van der Waals surface area contributed by atoms with Gasteiger partial charge in [0, 0.05) is 31.3 Å². The number of rotatable bonds is 5. The van der Waals surface area contributed by atoms with Gasteiger partial charge in [-0.1, -0.05) is 36.4 Å². The van der Waals surface area contributed by atoms with E-state index < -0.39 is 0 Å². The van der Waals surface area contributed by atoms with E-state index in [1.54, 1.807) is 0 Å². The number of carbonyl (C=O) groups excluding carboxylic acids is 1. The van der Waals surface area contributed by atoms with Gasteiger partial charge >= 0.3 is 0 Å². The topological polar surface area (TPSA) is 42.0 Å². The van der Waals surface area contributed by atoms with Crippen molar-refractivity contribution in [1.82, 2.24) is 10.3 Å². The van der Waals surface area contributed by atoms with Gasteiger partial charge in [0.1, 0.15) is 0 Å². The summed E-state index contributed by atoms with van der Waals surface area (Å²) in [4.78, 5) is 15.4. The Kier molecular flexibility index (Phi) is 4.67. The number of carbonyl (C=O) groups is 1. The van der Waals surface area contributed by atoms with E-state index in [-0.39, 0.29) is 11.8 Å². The van der Waals surface area contributed by atoms with Crippen molar-refractivity contribution in [2.75, 3.05) is 6.54 Å². The van der Waals surface area contributed by atoms with Crippen LogP contribution in [0.5, 0.6) is 0 Å². The first-order valence-corrected chi connectivity index (χ1v) is 6.47. The molecular weight excluding hydrogens is 236 g/mol. The highest BCUT2D eigenvalue weighted by atomic mass is 16.1. The lowest BCUT2D eigenvalue weighted by Crippen LogP contribution is -2.23. The summed E-state index contributed by atoms with van der Waals surface area (Å²) >= 11 is 0. The van der Waals surface area contributed by atoms with Crippen LogP contribution in [0.4, 0.5) is 0 Å². The average molecular weight is 254 g/mol. The molecule has 98 valence electrons. The number of pyridine rings is 1. The molecule has 1 N–H and O–H groups in total. The molecule has 1 heterocycles. The number of nitrogens with one attached hydrogen (secondary N) is 1. The quantitative estimate of drug-likeness (QED) is 0.891. The van der Waals surface area contributed by atoms with Crippen LogP contribution in [0.15, 0.2) is 54.7 Å². The molecule has 0 radical (unpaired) electrons. The molecule has 0 aliphatic carbocycles. The molecular formula is C16H18N2O. The molecule has 19 heavy (non-hydrogen) atoms. The zero-order chi connectivity index (χ0) is 13.5. The first-order chi connectivity index (χ1) is 9.27. The van der Waals surface area contributed by atoms with Crippen molar-refractivity contribution < 1.29 is 4.79 Å². The molecule has 1 atom stereocenters. The van der Waals surface area contributed by atoms with Gasteiger partial charge in [-0.15, -0.1) is 0 Å². The molecule has 0 fully saturated rings. The molecule has 1 aromatic heterocycles. The van der Waals surface area contributed by atoms with E-state index in [0.717, 1.165) is 12.1 Å². The molecule has 0 aliphatic heterocycles. The number of hydrogen-bond acceptors (Lipinski definition) is 2. The predicted octanol–water partition coefficient (Wildman–Crippen LogP) is 2.74. The van der Waals surface area contributed by atoms with Crippen LogP contribution in [-0.2, 0) is 4.79 Å². The van der Waals surface area contributed by atoms with Crippen molar-refractivity contribution in [2.24, 2.45) is 0 Å². The molecule has 2 aromatic rings. The van der Waals surface area contributed by atoms with E-state index in [1.165, 1.54) is 12.5 Å². The Balaban J connectivity index is 2.17. The molecule has 0 saturated heterocycles. The fourth-order valence-electron chi connectivity index (χ4n) is 2.15. The summed E-state index contributed by atoms with van der Waals surface area (Å²) in [6.07, 6.45) is 2.66. The molecule has 2 rings (SSSR count). The van der Waals surface area contributed by atoms with Crippen LogP contribution in [-0.4, -0.2) is 17.4 Å². The lowest BCUT2D eigenvalue weighted by molar-refractivity contribution is -0.118. The first kappa shape index (κ1) is 13.3. The SMILES string of the molecule is CC(=O)NCCC(c1ccccc1)c1ccccn1. The van der Waals surface area contributed by atoms with Crippen molar-refractivity contribution in [3.8, 4) is 0 Å². The van der Waals surface area contributed by atoms with E-state index in [2.05, 4.69) is 22.4 Å². The number of amides is 1. The van der Waals surface area contributed by atoms with Crippen molar-refractivity contribution in [3.05, 3.63) is 66.0 Å². The highest BCUT2D eigenvalue weighted by molar-refractivity contribution is 5.72. The van der Waals surface area contributed by atoms with Crippen LogP contribution < -0.4 is 5.32 Å². The highest BCUT2D eigenvalue weighted by Crippen LogP contribution is 2.25. The largest absolute Gasteiger partial charge is 0.356 e. The number of nitrogens with zero attached hydrogens (tertiary/aromatic N) is 1. The molecule has 1 amide bonds. The summed E-state index contributed by atoms with van der Waals surface area (Å²) in [6, 6.07) is 16.2. The molecule has 0 aliphatic rings. The van der Waals surface area contributed by atoms with Crippen LogP contribution in [0.3, 0.4) is 0 Å². The van der Waals surface area contributed by atoms with Crippen molar-refractivity contribution >= 4 is 5.91 Å². The van der Waals surface area contributed by atoms with E-state index in [1.807, 2.05) is 42.6 Å². The second kappa shape index (κ2) is 6.69. The van der Waals surface area contributed by atoms with Gasteiger partial charge in [-0.05, 0) is 24.1 Å². The van der Waals surface area contributed by atoms with Crippen LogP contribution >= 0.6 is 0 Å². The number of aromatic nitrogens is 1. The molecule has 3 nitrogen and oxygen atoms in total. The van der Waals surface area contributed by atoms with Crippen molar-refractivity contribution in [2.45, 2.75) is 19.3 Å². The summed E-state index contributed by atoms with van der Waals surface area (Å²) in [6.45, 7) is 2.20. The van der Waals surface area contributed by atoms with Crippen molar-refractivity contribution in [3.63, 3.8) is 0 Å². The van der Waals surface area contributed by atoms with E-state index in [9.17, 15) is 4.79 Å². The zero-order valence-corrected chi connectivity index (χ0v) is 11.0. The van der Waals surface area contributed by atoms with E-state index >= 15 is 0 Å².